The molecule has 0 saturated heterocycles. The van der Waals surface area contributed by atoms with Gasteiger partial charge in [-0.2, -0.15) is 0 Å². The van der Waals surface area contributed by atoms with Crippen LogP contribution >= 0.6 is 0 Å². The van der Waals surface area contributed by atoms with Gasteiger partial charge in [-0.3, -0.25) is 9.59 Å². The highest BCUT2D eigenvalue weighted by Crippen LogP contribution is 2.35. The van der Waals surface area contributed by atoms with Crippen LogP contribution in [0.15, 0.2) is 381 Å². The van der Waals surface area contributed by atoms with Gasteiger partial charge in [0.2, 0.25) is 0 Å². The van der Waals surface area contributed by atoms with Crippen LogP contribution in [0.1, 0.15) is 122 Å². The van der Waals surface area contributed by atoms with Gasteiger partial charge in [-0.25, -0.2) is 0 Å². The Bertz CT molecular complexity index is 4930. The molecular weight excluding hydrogens is 1400 g/mol. The average molecular weight is 1520 g/mol. The minimum Gasteiger partial charge on any atom is -0.508 e. The van der Waals surface area contributed by atoms with Gasteiger partial charge in [0.15, 0.2) is 23.2 Å². The van der Waals surface area contributed by atoms with Gasteiger partial charge in [0.05, 0.1) is 24.5 Å². The van der Waals surface area contributed by atoms with Gasteiger partial charge in [0.25, 0.3) is 0 Å². The maximum Gasteiger partial charge on any atom is 0.193 e. The van der Waals surface area contributed by atoms with E-state index in [-0.39, 0.29) is 11.6 Å². The quantitative estimate of drug-likeness (QED) is 0.165. The van der Waals surface area contributed by atoms with Gasteiger partial charge in [-0.15, -0.1) is 0 Å². The fraction of sp³-hybridized carbons (Fsp3) is 0.173. The van der Waals surface area contributed by atoms with Crippen molar-refractivity contribution in [2.75, 3.05) is 48.2 Å². The molecule has 114 heavy (non-hydrogen) atoms. The first-order chi connectivity index (χ1) is 55.2. The number of carbonyl (C=O) groups is 2. The molecule has 8 aliphatic rings. The number of aryl methyl sites for hydroxylation is 5. The van der Waals surface area contributed by atoms with Crippen molar-refractivity contribution in [2.24, 2.45) is 0 Å². The zero-order valence-electron chi connectivity index (χ0n) is 69.6. The molecule has 10 heteroatoms. The van der Waals surface area contributed by atoms with E-state index in [0.717, 1.165) is 62.9 Å². The number of likely N-dealkylation sites (N-methyl/N-ethyl adjacent to an activating group) is 1. The number of hydrogen-bond acceptors (Lipinski definition) is 10. The highest BCUT2D eigenvalue weighted by atomic mass is 16.5. The Labute approximate surface area is 680 Å². The Kier molecular flexibility index (Phi) is 38.7. The topological polar surface area (TPSA) is 104 Å². The van der Waals surface area contributed by atoms with Crippen molar-refractivity contribution in [3.05, 3.63) is 437 Å². The number of nitrogens with zero attached hydrogens (tertiary/aromatic N) is 3. The Morgan fingerprint density at radius 1 is 0.421 bits per heavy atom. The largest absolute Gasteiger partial charge is 0.508 e. The van der Waals surface area contributed by atoms with Crippen LogP contribution in [0.4, 0.5) is 22.7 Å². The van der Waals surface area contributed by atoms with Crippen LogP contribution in [-0.2, 0) is 9.53 Å². The first-order valence-corrected chi connectivity index (χ1v) is 38.5. The monoisotopic (exact) mass is 1510 g/mol. The van der Waals surface area contributed by atoms with E-state index in [1.54, 1.807) is 43.1 Å². The van der Waals surface area contributed by atoms with Gasteiger partial charge in [-0.1, -0.05) is 247 Å². The zero-order valence-corrected chi connectivity index (χ0v) is 69.6. The first kappa shape index (κ1) is 89.7. The number of para-hydroxylation sites is 5. The summed E-state index contributed by atoms with van der Waals surface area (Å²) in [6, 6.07) is 63.1. The molecule has 0 saturated carbocycles. The highest BCUT2D eigenvalue weighted by molar-refractivity contribution is 6.12. The molecule has 0 bridgehead atoms. The summed E-state index contributed by atoms with van der Waals surface area (Å²) in [6.45, 7) is 26.2. The molecule has 586 valence electrons. The summed E-state index contributed by atoms with van der Waals surface area (Å²) in [4.78, 5) is 28.4. The number of anilines is 4. The lowest BCUT2D eigenvalue weighted by Gasteiger charge is -2.25. The Morgan fingerprint density at radius 3 is 1.46 bits per heavy atom. The second-order valence-electron chi connectivity index (χ2n) is 26.8. The Hall–Kier alpha value is -13.2. The van der Waals surface area contributed by atoms with Crippen LogP contribution in [0.5, 0.6) is 17.2 Å². The number of phenols is 1. The number of ether oxygens (including phenoxy) is 3. The number of nitrogens with one attached hydrogen (secondary N) is 1. The normalized spacial score (nSPS) is 15.4. The number of allylic oxidation sites excluding steroid dienone is 29. The van der Waals surface area contributed by atoms with Gasteiger partial charge >= 0.3 is 0 Å². The molecule has 2 N–H and O–H groups in total. The maximum absolute atomic E-state index is 11.4. The number of phenolic OH excluding ortho intramolecular Hbond substituents is 1. The molecule has 0 atom stereocenters. The standard InChI is InChI=1S/2C12H13N.C12H10O.C11H10O.C9H9NO.C9H13N.C8H10O.C8H8O.2C8H10.C7H8O/c1-3-11-9-8-10-6-4-5-7-12(10)13(11)2;1-3-10-8-9-13(2)12-7-5-4-6-11(10)12;1-2-9-7-8-12(13)11-6-4-3-5-10(9)11;1-2-9-7-8-12-11-6-4-3-5-10(9)11;1-2-9-10-7-5-3-4-6-8(7)11-9;1-8-4-6-9(7-5-8)10(2)3;1-6-3-4-7(2)8(9)5-6;1-2-7-3-5-8(9)6-4-7;1-7-3-5-8(2)6-4-7;1-2-8-6-4-3-5-7-8;1-2-7-3-5-8-6-4-7/h2*3-9H,1-2H3;2-8H,1H3;2-8H,1H3;2-6,10H,1H3;4-7H,1-3H3;3-5,9H,1-2H3;2-6H,1H3;3-6H,1-2H3;2,4-7H,3H2,1H3;2-6H,1H3/b11-3+;10-3+;2*9-2+;9-2-;;;;;;. The second kappa shape index (κ2) is 49.2. The summed E-state index contributed by atoms with van der Waals surface area (Å²) < 4.78 is 15.5. The van der Waals surface area contributed by atoms with Gasteiger partial charge in [0, 0.05) is 73.8 Å². The molecule has 3 aliphatic carbocycles. The SMILES string of the molecule is C/C=C1/Nc2ccccc2O1.C/C=C1\C=CC(=O)c2ccccc21.C/C=C1\C=CN(C)c2ccccc21.C/C=C1\C=COc2ccccc21.C/C=C1\C=Cc2ccccc2N1C.CC=C1C=CC(=O)C=C1.CC=C1C=CCC=C1.CC=C1C=COC=C1.Cc1ccc(C)c(O)c1.Cc1ccc(C)cc1.Cc1ccc(N(C)C)cc1. The molecule has 0 fully saturated rings. The predicted octanol–water partition coefficient (Wildman–Crippen LogP) is 26.7. The lowest BCUT2D eigenvalue weighted by Crippen LogP contribution is -2.18. The molecule has 0 amide bonds. The third kappa shape index (κ3) is 29.9. The summed E-state index contributed by atoms with van der Waals surface area (Å²) >= 11 is 0. The lowest BCUT2D eigenvalue weighted by molar-refractivity contribution is -0.110. The van der Waals surface area contributed by atoms with Gasteiger partial charge in [-0.05, 0) is 255 Å². The molecule has 8 aromatic rings. The fourth-order valence-electron chi connectivity index (χ4n) is 11.4. The third-order valence-electron chi connectivity index (χ3n) is 18.2. The van der Waals surface area contributed by atoms with Crippen LogP contribution in [-0.4, -0.2) is 44.9 Å². The highest BCUT2D eigenvalue weighted by Gasteiger charge is 2.17. The first-order valence-electron chi connectivity index (χ1n) is 38.5. The number of carbonyl (C=O) groups excluding carboxylic acids is 2. The van der Waals surface area contributed by atoms with E-state index >= 15 is 0 Å². The van der Waals surface area contributed by atoms with E-state index < -0.39 is 0 Å². The summed E-state index contributed by atoms with van der Waals surface area (Å²) in [5.41, 5.74) is 24.9. The number of benzene rings is 8. The van der Waals surface area contributed by atoms with Crippen molar-refractivity contribution in [3.63, 3.8) is 0 Å². The van der Waals surface area contributed by atoms with Crippen molar-refractivity contribution >= 4 is 57.1 Å². The van der Waals surface area contributed by atoms with Crippen molar-refractivity contribution in [2.45, 2.75) is 96.4 Å². The van der Waals surface area contributed by atoms with Crippen molar-refractivity contribution in [3.8, 4) is 17.2 Å². The van der Waals surface area contributed by atoms with Crippen LogP contribution in [0.25, 0.3) is 22.8 Å². The zero-order chi connectivity index (χ0) is 82.6. The summed E-state index contributed by atoms with van der Waals surface area (Å²) in [6.07, 6.45) is 55.7. The summed E-state index contributed by atoms with van der Waals surface area (Å²) in [7, 11) is 8.26. The Morgan fingerprint density at radius 2 is 0.921 bits per heavy atom. The van der Waals surface area contributed by atoms with Crippen molar-refractivity contribution < 1.29 is 28.9 Å². The van der Waals surface area contributed by atoms with E-state index in [0.29, 0.717) is 5.75 Å². The smallest absolute Gasteiger partial charge is 0.193 e. The van der Waals surface area contributed by atoms with Crippen molar-refractivity contribution in [1.82, 2.24) is 0 Å². The molecule has 0 aromatic heterocycles. The number of rotatable bonds is 1. The molecule has 0 unspecified atom stereocenters. The molecule has 5 aliphatic heterocycles. The van der Waals surface area contributed by atoms with Crippen LogP contribution < -0.4 is 29.5 Å². The molecule has 5 heterocycles. The fourth-order valence-corrected chi connectivity index (χ4v) is 11.4. The molecule has 0 radical (unpaired) electrons. The van der Waals surface area contributed by atoms with Gasteiger partial charge in [0.1, 0.15) is 11.5 Å². The van der Waals surface area contributed by atoms with Crippen LogP contribution in [0, 0.1) is 34.6 Å². The number of ketones is 2. The molecule has 16 rings (SSSR count). The number of aromatic hydroxyl groups is 1. The average Bonchev–Trinajstić information content (AvgIpc) is 1.13. The predicted molar refractivity (Wildman–Crippen MR) is 489 cm³/mol. The minimum absolute atomic E-state index is 0.0700. The summed E-state index contributed by atoms with van der Waals surface area (Å²) in [5, 5.41) is 12.2. The lowest BCUT2D eigenvalue weighted by atomic mass is 9.92. The van der Waals surface area contributed by atoms with Crippen molar-refractivity contribution in [1.29, 1.82) is 0 Å². The van der Waals surface area contributed by atoms with E-state index in [1.807, 2.05) is 202 Å². The molecule has 8 aromatic carbocycles. The molecule has 0 spiro atoms. The van der Waals surface area contributed by atoms with E-state index in [9.17, 15) is 9.59 Å². The Balaban J connectivity index is 0.000000196. The number of hydrogen-bond donors (Lipinski definition) is 2. The molecule has 10 nitrogen and oxygen atoms in total. The second-order valence-corrected chi connectivity index (χ2v) is 26.8. The minimum atomic E-state index is 0.0700. The van der Waals surface area contributed by atoms with E-state index in [4.69, 9.17) is 19.3 Å². The summed E-state index contributed by atoms with van der Waals surface area (Å²) in [5.74, 6) is 3.21. The maximum atomic E-state index is 11.4. The van der Waals surface area contributed by atoms with E-state index in [2.05, 4.69) is 252 Å². The van der Waals surface area contributed by atoms with Gasteiger partial charge < -0.3 is 39.3 Å². The van der Waals surface area contributed by atoms with Crippen LogP contribution in [0.3, 0.4) is 0 Å². The molecular formula is C104H114N4O6. The number of fused-ring (bicyclic) bond motifs is 5. The van der Waals surface area contributed by atoms with Crippen LogP contribution in [0.2, 0.25) is 0 Å². The van der Waals surface area contributed by atoms with E-state index in [1.165, 1.54) is 78.4 Å². The third-order valence-corrected chi connectivity index (χ3v) is 18.2.